The fourth-order valence-corrected chi connectivity index (χ4v) is 3.77. The fraction of sp³-hybridized carbons (Fsp3) is 0.611. The maximum absolute atomic E-state index is 12.6. The van der Waals surface area contributed by atoms with Crippen LogP contribution in [-0.2, 0) is 22.6 Å². The molecule has 0 spiro atoms. The first-order valence-electron chi connectivity index (χ1n) is 8.92. The molecule has 2 amide bonds. The summed E-state index contributed by atoms with van der Waals surface area (Å²) in [5, 5.41) is 0. The number of aromatic nitrogens is 2. The van der Waals surface area contributed by atoms with Gasteiger partial charge < -0.3 is 14.4 Å². The van der Waals surface area contributed by atoms with Crippen molar-refractivity contribution < 1.29 is 9.59 Å². The van der Waals surface area contributed by atoms with Crippen LogP contribution in [0.4, 0.5) is 0 Å². The summed E-state index contributed by atoms with van der Waals surface area (Å²) in [7, 11) is 0. The summed E-state index contributed by atoms with van der Waals surface area (Å²) >= 11 is 0. The van der Waals surface area contributed by atoms with Crippen molar-refractivity contribution in [1.82, 2.24) is 19.4 Å². The minimum absolute atomic E-state index is 0.0100. The lowest BCUT2D eigenvalue weighted by molar-refractivity contribution is -0.141. The number of fused-ring (bicyclic) bond motifs is 1. The molecule has 1 unspecified atom stereocenters. The van der Waals surface area contributed by atoms with Gasteiger partial charge in [0, 0.05) is 38.3 Å². The molecule has 128 valence electrons. The smallest absolute Gasteiger partial charge is 0.229 e. The molecule has 0 bridgehead atoms. The van der Waals surface area contributed by atoms with Crippen molar-refractivity contribution >= 4 is 11.8 Å². The molecule has 0 aromatic carbocycles. The second-order valence-electron chi connectivity index (χ2n) is 7.07. The van der Waals surface area contributed by atoms with Crippen LogP contribution in [0.3, 0.4) is 0 Å². The van der Waals surface area contributed by atoms with Crippen LogP contribution >= 0.6 is 0 Å². The Morgan fingerprint density at radius 2 is 1.96 bits per heavy atom. The number of hydrogen-bond acceptors (Lipinski definition) is 3. The van der Waals surface area contributed by atoms with Crippen molar-refractivity contribution in [1.29, 1.82) is 0 Å². The third-order valence-corrected chi connectivity index (χ3v) is 5.52. The van der Waals surface area contributed by atoms with Crippen LogP contribution in [-0.4, -0.2) is 50.8 Å². The summed E-state index contributed by atoms with van der Waals surface area (Å²) in [6, 6.07) is -0.0100. The van der Waals surface area contributed by atoms with E-state index in [4.69, 9.17) is 0 Å². The van der Waals surface area contributed by atoms with Gasteiger partial charge in [0.2, 0.25) is 11.8 Å². The molecular weight excluding hydrogens is 304 g/mol. The Hall–Kier alpha value is -2.11. The van der Waals surface area contributed by atoms with Crippen molar-refractivity contribution in [2.75, 3.05) is 19.6 Å². The van der Waals surface area contributed by atoms with Gasteiger partial charge in [0.1, 0.15) is 5.82 Å². The molecule has 1 fully saturated rings. The van der Waals surface area contributed by atoms with Gasteiger partial charge >= 0.3 is 0 Å². The van der Waals surface area contributed by atoms with E-state index in [1.807, 2.05) is 35.1 Å². The second kappa shape index (κ2) is 6.07. The maximum Gasteiger partial charge on any atom is 0.229 e. The summed E-state index contributed by atoms with van der Waals surface area (Å²) in [5.41, 5.74) is 0.812. The van der Waals surface area contributed by atoms with E-state index in [1.54, 1.807) is 0 Å². The molecule has 0 N–H and O–H groups in total. The Morgan fingerprint density at radius 3 is 2.62 bits per heavy atom. The molecule has 4 rings (SSSR count). The number of nitrogens with zero attached hydrogens (tertiary/aromatic N) is 4. The highest BCUT2D eigenvalue weighted by Gasteiger charge is 2.35. The molecule has 6 heteroatoms. The predicted molar refractivity (Wildman–Crippen MR) is 89.1 cm³/mol. The standard InChI is InChI=1S/C18H24N4O2/c1-13-17-19-15(11-16(23)20-7-2-3-8-20)12-21(17)9-10-22(13)18(24)14-5-4-6-14/h2-3,12-14H,4-11H2,1H3. The molecule has 1 saturated carbocycles. The van der Waals surface area contributed by atoms with Crippen molar-refractivity contribution in [3.05, 3.63) is 29.9 Å². The Kier molecular flexibility index (Phi) is 3.90. The number of hydrogen-bond donors (Lipinski definition) is 0. The first-order chi connectivity index (χ1) is 11.6. The van der Waals surface area contributed by atoms with Crippen LogP contribution in [0.15, 0.2) is 18.3 Å². The summed E-state index contributed by atoms with van der Waals surface area (Å²) in [4.78, 5) is 33.4. The number of amides is 2. The minimum Gasteiger partial charge on any atom is -0.335 e. The van der Waals surface area contributed by atoms with Gasteiger partial charge in [-0.15, -0.1) is 0 Å². The Bertz CT molecular complexity index is 681. The van der Waals surface area contributed by atoms with E-state index in [0.717, 1.165) is 37.4 Å². The molecular formula is C18H24N4O2. The van der Waals surface area contributed by atoms with Gasteiger partial charge in [-0.2, -0.15) is 0 Å². The van der Waals surface area contributed by atoms with E-state index >= 15 is 0 Å². The Balaban J connectivity index is 1.46. The van der Waals surface area contributed by atoms with Crippen LogP contribution in [0, 0.1) is 5.92 Å². The molecule has 1 aromatic heterocycles. The molecule has 1 atom stereocenters. The highest BCUT2D eigenvalue weighted by molar-refractivity contribution is 5.80. The molecule has 1 aromatic rings. The summed E-state index contributed by atoms with van der Waals surface area (Å²) in [6.45, 7) is 4.96. The fourth-order valence-electron chi connectivity index (χ4n) is 3.77. The maximum atomic E-state index is 12.6. The molecule has 1 aliphatic carbocycles. The van der Waals surface area contributed by atoms with Gasteiger partial charge in [-0.3, -0.25) is 9.59 Å². The van der Waals surface area contributed by atoms with Crippen LogP contribution < -0.4 is 0 Å². The van der Waals surface area contributed by atoms with Crippen LogP contribution in [0.1, 0.15) is 43.7 Å². The SMILES string of the molecule is CC1c2nc(CC(=O)N3CC=CC3)cn2CCN1C(=O)C1CCC1. The monoisotopic (exact) mass is 328 g/mol. The number of carbonyl (C=O) groups excluding carboxylic acids is 2. The molecule has 2 aliphatic heterocycles. The van der Waals surface area contributed by atoms with Crippen LogP contribution in [0.2, 0.25) is 0 Å². The van der Waals surface area contributed by atoms with Crippen LogP contribution in [0.25, 0.3) is 0 Å². The first kappa shape index (κ1) is 15.4. The van der Waals surface area contributed by atoms with Crippen LogP contribution in [0.5, 0.6) is 0 Å². The zero-order valence-corrected chi connectivity index (χ0v) is 14.1. The topological polar surface area (TPSA) is 58.4 Å². The lowest BCUT2D eigenvalue weighted by Gasteiger charge is -2.38. The highest BCUT2D eigenvalue weighted by atomic mass is 16.2. The Morgan fingerprint density at radius 1 is 1.21 bits per heavy atom. The molecule has 3 aliphatic rings. The van der Waals surface area contributed by atoms with Gasteiger partial charge in [0.15, 0.2) is 0 Å². The van der Waals surface area contributed by atoms with E-state index in [2.05, 4.69) is 9.55 Å². The van der Waals surface area contributed by atoms with E-state index in [0.29, 0.717) is 19.5 Å². The molecule has 0 radical (unpaired) electrons. The van der Waals surface area contributed by atoms with Gasteiger partial charge in [0.05, 0.1) is 18.2 Å². The third kappa shape index (κ3) is 2.64. The zero-order valence-electron chi connectivity index (χ0n) is 14.1. The van der Waals surface area contributed by atoms with Crippen molar-refractivity contribution in [3.63, 3.8) is 0 Å². The van der Waals surface area contributed by atoms with Gasteiger partial charge in [0.25, 0.3) is 0 Å². The summed E-state index contributed by atoms with van der Waals surface area (Å²) in [6.07, 6.45) is 9.58. The molecule has 3 heterocycles. The lowest BCUT2D eigenvalue weighted by atomic mass is 9.84. The lowest BCUT2D eigenvalue weighted by Crippen LogP contribution is -2.45. The van der Waals surface area contributed by atoms with E-state index in [9.17, 15) is 9.59 Å². The van der Waals surface area contributed by atoms with Crippen molar-refractivity contribution in [3.8, 4) is 0 Å². The van der Waals surface area contributed by atoms with Gasteiger partial charge in [-0.1, -0.05) is 18.6 Å². The highest BCUT2D eigenvalue weighted by Crippen LogP contribution is 2.33. The van der Waals surface area contributed by atoms with E-state index < -0.39 is 0 Å². The largest absolute Gasteiger partial charge is 0.335 e. The zero-order chi connectivity index (χ0) is 16.7. The Labute approximate surface area is 142 Å². The minimum atomic E-state index is -0.0100. The molecule has 24 heavy (non-hydrogen) atoms. The number of carbonyl (C=O) groups is 2. The summed E-state index contributed by atoms with van der Waals surface area (Å²) < 4.78 is 2.11. The predicted octanol–water partition coefficient (Wildman–Crippen LogP) is 1.53. The van der Waals surface area contributed by atoms with Crippen molar-refractivity contribution in [2.24, 2.45) is 5.92 Å². The average molecular weight is 328 g/mol. The first-order valence-corrected chi connectivity index (χ1v) is 8.92. The molecule has 6 nitrogen and oxygen atoms in total. The quantitative estimate of drug-likeness (QED) is 0.791. The molecule has 0 saturated heterocycles. The average Bonchev–Trinajstić information content (AvgIpc) is 3.14. The van der Waals surface area contributed by atoms with E-state index in [1.165, 1.54) is 6.42 Å². The normalized spacial score (nSPS) is 23.3. The van der Waals surface area contributed by atoms with E-state index in [-0.39, 0.29) is 23.8 Å². The summed E-state index contributed by atoms with van der Waals surface area (Å²) in [5.74, 6) is 1.53. The number of imidazole rings is 1. The van der Waals surface area contributed by atoms with Crippen molar-refractivity contribution in [2.45, 2.75) is 45.2 Å². The second-order valence-corrected chi connectivity index (χ2v) is 7.07. The van der Waals surface area contributed by atoms with Gasteiger partial charge in [-0.05, 0) is 19.8 Å². The van der Waals surface area contributed by atoms with Gasteiger partial charge in [-0.25, -0.2) is 4.98 Å². The number of rotatable bonds is 3. The third-order valence-electron chi connectivity index (χ3n) is 5.52.